The van der Waals surface area contributed by atoms with Gasteiger partial charge in [-0.05, 0) is 51.0 Å². The molecule has 1 aliphatic heterocycles. The second-order valence-electron chi connectivity index (χ2n) is 6.94. The van der Waals surface area contributed by atoms with Crippen molar-refractivity contribution in [2.45, 2.75) is 38.8 Å². The van der Waals surface area contributed by atoms with E-state index in [1.807, 2.05) is 24.3 Å². The van der Waals surface area contributed by atoms with Gasteiger partial charge in [-0.25, -0.2) is 9.59 Å². The third-order valence-electron chi connectivity index (χ3n) is 3.76. The van der Waals surface area contributed by atoms with Crippen LogP contribution in [0.25, 0.3) is 0 Å². The number of amides is 1. The minimum Gasteiger partial charge on any atom is -0.497 e. The zero-order chi connectivity index (χ0) is 19.3. The predicted molar refractivity (Wildman–Crippen MR) is 97.8 cm³/mol. The van der Waals surface area contributed by atoms with Gasteiger partial charge in [0.1, 0.15) is 11.4 Å². The molecule has 26 heavy (non-hydrogen) atoms. The van der Waals surface area contributed by atoms with E-state index < -0.39 is 17.7 Å². The Morgan fingerprint density at radius 3 is 2.31 bits per heavy atom. The van der Waals surface area contributed by atoms with E-state index in [1.54, 1.807) is 40.0 Å². The fourth-order valence-corrected chi connectivity index (χ4v) is 2.51. The van der Waals surface area contributed by atoms with Crippen LogP contribution >= 0.6 is 0 Å². The van der Waals surface area contributed by atoms with Gasteiger partial charge in [-0.3, -0.25) is 4.90 Å². The summed E-state index contributed by atoms with van der Waals surface area (Å²) in [5.41, 5.74) is 0.690. The summed E-state index contributed by atoms with van der Waals surface area (Å²) in [5.74, 6) is 0.266. The molecule has 1 unspecified atom stereocenters. The van der Waals surface area contributed by atoms with E-state index in [9.17, 15) is 9.59 Å². The highest BCUT2D eigenvalue weighted by Gasteiger charge is 2.29. The molecular formula is C20H25NO5. The van der Waals surface area contributed by atoms with Crippen LogP contribution in [-0.2, 0) is 20.7 Å². The second-order valence-corrected chi connectivity index (χ2v) is 6.94. The molecular weight excluding hydrogens is 334 g/mol. The van der Waals surface area contributed by atoms with Gasteiger partial charge in [-0.1, -0.05) is 18.2 Å². The first kappa shape index (κ1) is 19.6. The van der Waals surface area contributed by atoms with Crippen molar-refractivity contribution in [2.24, 2.45) is 0 Å². The summed E-state index contributed by atoms with van der Waals surface area (Å²) in [5, 5.41) is 0. The minimum atomic E-state index is -0.637. The van der Waals surface area contributed by atoms with Crippen molar-refractivity contribution >= 4 is 12.1 Å². The number of esters is 1. The Kier molecular flexibility index (Phi) is 6.08. The molecule has 1 atom stereocenters. The number of ether oxygens (including phenoxy) is 3. The maximum Gasteiger partial charge on any atom is 0.414 e. The van der Waals surface area contributed by atoms with E-state index in [0.717, 1.165) is 11.3 Å². The number of nitrogens with zero attached hydrogens (tertiary/aromatic N) is 1. The van der Waals surface area contributed by atoms with Gasteiger partial charge in [0.05, 0.1) is 25.8 Å². The number of carbonyl (C=O) groups is 2. The molecule has 0 radical (unpaired) electrons. The lowest BCUT2D eigenvalue weighted by Crippen LogP contribution is -2.42. The van der Waals surface area contributed by atoms with Crippen LogP contribution in [0.2, 0.25) is 0 Å². The molecule has 6 nitrogen and oxygen atoms in total. The number of rotatable bonds is 4. The van der Waals surface area contributed by atoms with Gasteiger partial charge in [0.15, 0.2) is 0 Å². The van der Waals surface area contributed by atoms with Gasteiger partial charge < -0.3 is 14.2 Å². The zero-order valence-corrected chi connectivity index (χ0v) is 15.8. The fraction of sp³-hybridized carbons (Fsp3) is 0.400. The third kappa shape index (κ3) is 5.12. The van der Waals surface area contributed by atoms with Crippen molar-refractivity contribution in [1.82, 2.24) is 4.90 Å². The largest absolute Gasteiger partial charge is 0.497 e. The summed E-state index contributed by atoms with van der Waals surface area (Å²) >= 11 is 0. The Balaban J connectivity index is 2.24. The monoisotopic (exact) mass is 359 g/mol. The molecule has 0 N–H and O–H groups in total. The number of hydrogen-bond acceptors (Lipinski definition) is 5. The van der Waals surface area contributed by atoms with Crippen molar-refractivity contribution < 1.29 is 23.8 Å². The van der Waals surface area contributed by atoms with Crippen molar-refractivity contribution in [2.75, 3.05) is 14.2 Å². The fourth-order valence-electron chi connectivity index (χ4n) is 2.51. The molecule has 0 saturated carbocycles. The average molecular weight is 359 g/mol. The maximum atomic E-state index is 12.6. The van der Waals surface area contributed by atoms with E-state index in [4.69, 9.17) is 14.2 Å². The van der Waals surface area contributed by atoms with Crippen LogP contribution in [0.4, 0.5) is 4.79 Å². The van der Waals surface area contributed by atoms with Crippen molar-refractivity contribution in [3.8, 4) is 5.75 Å². The lowest BCUT2D eigenvalue weighted by Gasteiger charge is -2.32. The van der Waals surface area contributed by atoms with Crippen LogP contribution < -0.4 is 4.74 Å². The van der Waals surface area contributed by atoms with Crippen LogP contribution in [-0.4, -0.2) is 42.8 Å². The summed E-state index contributed by atoms with van der Waals surface area (Å²) in [6.07, 6.45) is 5.02. The Morgan fingerprint density at radius 1 is 1.12 bits per heavy atom. The number of methoxy groups -OCH3 is 2. The van der Waals surface area contributed by atoms with Crippen molar-refractivity contribution in [3.63, 3.8) is 0 Å². The number of hydrogen-bond donors (Lipinski definition) is 0. The Morgan fingerprint density at radius 2 is 1.77 bits per heavy atom. The van der Waals surface area contributed by atoms with Crippen LogP contribution in [0.15, 0.2) is 48.2 Å². The first-order valence-corrected chi connectivity index (χ1v) is 8.36. The Hall–Kier alpha value is -2.76. The smallest absolute Gasteiger partial charge is 0.414 e. The standard InChI is InChI=1S/C20H25NO5/c1-20(2,3)26-19(23)21-13-15(18(22)25-5)8-9-16(21)12-14-6-10-17(24-4)11-7-14/h6-11,13,16H,12H2,1-5H3. The molecule has 140 valence electrons. The number of carbonyl (C=O) groups excluding carboxylic acids is 2. The Labute approximate surface area is 154 Å². The molecule has 2 rings (SSSR count). The van der Waals surface area contributed by atoms with E-state index in [0.29, 0.717) is 12.0 Å². The molecule has 0 saturated heterocycles. The maximum absolute atomic E-state index is 12.6. The third-order valence-corrected chi connectivity index (χ3v) is 3.76. The number of benzene rings is 1. The lowest BCUT2D eigenvalue weighted by molar-refractivity contribution is -0.135. The van der Waals surface area contributed by atoms with E-state index in [1.165, 1.54) is 18.2 Å². The average Bonchev–Trinajstić information content (AvgIpc) is 2.60. The highest BCUT2D eigenvalue weighted by Crippen LogP contribution is 2.22. The summed E-state index contributed by atoms with van der Waals surface area (Å²) in [6.45, 7) is 5.40. The van der Waals surface area contributed by atoms with Gasteiger partial charge in [-0.2, -0.15) is 0 Å². The van der Waals surface area contributed by atoms with Crippen molar-refractivity contribution in [1.29, 1.82) is 0 Å². The van der Waals surface area contributed by atoms with Crippen molar-refractivity contribution in [3.05, 3.63) is 53.8 Å². The van der Waals surface area contributed by atoms with Gasteiger partial charge in [0, 0.05) is 6.20 Å². The zero-order valence-electron chi connectivity index (χ0n) is 15.8. The summed E-state index contributed by atoms with van der Waals surface area (Å²) < 4.78 is 15.4. The molecule has 1 amide bonds. The molecule has 0 fully saturated rings. The lowest BCUT2D eigenvalue weighted by atomic mass is 10.0. The Bertz CT molecular complexity index is 713. The van der Waals surface area contributed by atoms with Gasteiger partial charge >= 0.3 is 12.1 Å². The van der Waals surface area contributed by atoms with E-state index in [-0.39, 0.29) is 6.04 Å². The molecule has 0 aromatic heterocycles. The van der Waals surface area contributed by atoms with Crippen LogP contribution in [0, 0.1) is 0 Å². The summed E-state index contributed by atoms with van der Waals surface area (Å²) in [7, 11) is 2.92. The van der Waals surface area contributed by atoms with Gasteiger partial charge in [0.25, 0.3) is 0 Å². The quantitative estimate of drug-likeness (QED) is 0.770. The topological polar surface area (TPSA) is 65.1 Å². The summed E-state index contributed by atoms with van der Waals surface area (Å²) in [4.78, 5) is 25.9. The normalized spacial score (nSPS) is 16.7. The SMILES string of the molecule is COC(=O)C1=CN(C(=O)OC(C)(C)C)C(Cc2ccc(OC)cc2)C=C1. The highest BCUT2D eigenvalue weighted by molar-refractivity contribution is 5.92. The molecule has 0 spiro atoms. The molecule has 1 aromatic rings. The molecule has 6 heteroatoms. The van der Waals surface area contributed by atoms with Crippen LogP contribution in [0.3, 0.4) is 0 Å². The molecule has 1 aromatic carbocycles. The van der Waals surface area contributed by atoms with E-state index in [2.05, 4.69) is 0 Å². The van der Waals surface area contributed by atoms with E-state index >= 15 is 0 Å². The molecule has 1 aliphatic rings. The van der Waals surface area contributed by atoms with Crippen LogP contribution in [0.1, 0.15) is 26.3 Å². The van der Waals surface area contributed by atoms with Gasteiger partial charge in [-0.15, -0.1) is 0 Å². The first-order chi connectivity index (χ1) is 12.2. The van der Waals surface area contributed by atoms with Crippen LogP contribution in [0.5, 0.6) is 5.75 Å². The minimum absolute atomic E-state index is 0.272. The molecule has 0 bridgehead atoms. The second kappa shape index (κ2) is 8.08. The van der Waals surface area contributed by atoms with Gasteiger partial charge in [0.2, 0.25) is 0 Å². The first-order valence-electron chi connectivity index (χ1n) is 8.36. The highest BCUT2D eigenvalue weighted by atomic mass is 16.6. The summed E-state index contributed by atoms with van der Waals surface area (Å²) in [6, 6.07) is 7.36. The predicted octanol–water partition coefficient (Wildman–Crippen LogP) is 3.47. The molecule has 1 heterocycles. The molecule has 0 aliphatic carbocycles.